The molecule has 0 spiro atoms. The standard InChI is InChI=1S/C15H28N2O2/c1-12(2)16-9-5-8-15(18)17-10-11-19-14-7-4-3-6-13(14)17/h12-14,16H,3-11H2,1-2H3. The number of amides is 1. The summed E-state index contributed by atoms with van der Waals surface area (Å²) in [7, 11) is 0. The van der Waals surface area contributed by atoms with Crippen LogP contribution in [0, 0.1) is 0 Å². The van der Waals surface area contributed by atoms with Gasteiger partial charge in [-0.15, -0.1) is 0 Å². The van der Waals surface area contributed by atoms with Crippen LogP contribution in [0.4, 0.5) is 0 Å². The van der Waals surface area contributed by atoms with E-state index in [9.17, 15) is 4.79 Å². The summed E-state index contributed by atoms with van der Waals surface area (Å²) in [6.07, 6.45) is 6.66. The van der Waals surface area contributed by atoms with Gasteiger partial charge in [-0.25, -0.2) is 0 Å². The monoisotopic (exact) mass is 268 g/mol. The number of nitrogens with zero attached hydrogens (tertiary/aromatic N) is 1. The molecule has 2 unspecified atom stereocenters. The van der Waals surface area contributed by atoms with E-state index in [-0.39, 0.29) is 0 Å². The van der Waals surface area contributed by atoms with E-state index in [2.05, 4.69) is 24.1 Å². The number of carbonyl (C=O) groups is 1. The van der Waals surface area contributed by atoms with E-state index in [1.165, 1.54) is 12.8 Å². The fourth-order valence-corrected chi connectivity index (χ4v) is 3.18. The summed E-state index contributed by atoms with van der Waals surface area (Å²) in [5.41, 5.74) is 0. The Morgan fingerprint density at radius 1 is 1.37 bits per heavy atom. The Labute approximate surface area is 116 Å². The van der Waals surface area contributed by atoms with Crippen LogP contribution in [-0.2, 0) is 9.53 Å². The molecular formula is C15H28N2O2. The maximum Gasteiger partial charge on any atom is 0.223 e. The number of nitrogens with one attached hydrogen (secondary N) is 1. The molecule has 4 nitrogen and oxygen atoms in total. The minimum absolute atomic E-state index is 0.306. The van der Waals surface area contributed by atoms with Crippen molar-refractivity contribution < 1.29 is 9.53 Å². The smallest absolute Gasteiger partial charge is 0.223 e. The molecule has 0 aromatic carbocycles. The van der Waals surface area contributed by atoms with Crippen LogP contribution < -0.4 is 5.32 Å². The Bertz CT molecular complexity index is 292. The van der Waals surface area contributed by atoms with Crippen molar-refractivity contribution in [3.05, 3.63) is 0 Å². The molecule has 2 aliphatic rings. The molecule has 2 fully saturated rings. The van der Waals surface area contributed by atoms with Crippen molar-refractivity contribution in [1.29, 1.82) is 0 Å². The highest BCUT2D eigenvalue weighted by atomic mass is 16.5. The van der Waals surface area contributed by atoms with E-state index in [0.29, 0.717) is 30.5 Å². The molecule has 0 radical (unpaired) electrons. The second kappa shape index (κ2) is 7.25. The summed E-state index contributed by atoms with van der Waals surface area (Å²) in [5, 5.41) is 3.36. The molecule has 0 bridgehead atoms. The second-order valence-electron chi connectivity index (χ2n) is 6.06. The lowest BCUT2D eigenvalue weighted by Gasteiger charge is -2.43. The van der Waals surface area contributed by atoms with Gasteiger partial charge in [0.15, 0.2) is 0 Å². The van der Waals surface area contributed by atoms with E-state index in [4.69, 9.17) is 4.74 Å². The lowest BCUT2D eigenvalue weighted by molar-refractivity contribution is -0.149. The Balaban J connectivity index is 1.77. The predicted molar refractivity (Wildman–Crippen MR) is 76.1 cm³/mol. The van der Waals surface area contributed by atoms with Crippen molar-refractivity contribution in [3.63, 3.8) is 0 Å². The van der Waals surface area contributed by atoms with E-state index in [0.717, 1.165) is 39.0 Å². The van der Waals surface area contributed by atoms with Gasteiger partial charge in [0, 0.05) is 19.0 Å². The van der Waals surface area contributed by atoms with Crippen LogP contribution in [-0.4, -0.2) is 48.7 Å². The minimum Gasteiger partial charge on any atom is -0.374 e. The molecule has 2 atom stereocenters. The van der Waals surface area contributed by atoms with Gasteiger partial charge in [0.2, 0.25) is 5.91 Å². The number of hydrogen-bond acceptors (Lipinski definition) is 3. The number of fused-ring (bicyclic) bond motifs is 1. The summed E-state index contributed by atoms with van der Waals surface area (Å²) >= 11 is 0. The minimum atomic E-state index is 0.306. The summed E-state index contributed by atoms with van der Waals surface area (Å²) in [6, 6.07) is 0.856. The normalized spacial score (nSPS) is 27.4. The van der Waals surface area contributed by atoms with Crippen LogP contribution in [0.3, 0.4) is 0 Å². The first-order valence-electron chi connectivity index (χ1n) is 7.83. The molecule has 110 valence electrons. The van der Waals surface area contributed by atoms with Gasteiger partial charge in [-0.3, -0.25) is 4.79 Å². The highest BCUT2D eigenvalue weighted by molar-refractivity contribution is 5.76. The number of hydrogen-bond donors (Lipinski definition) is 1. The van der Waals surface area contributed by atoms with Gasteiger partial charge in [0.1, 0.15) is 0 Å². The highest BCUT2D eigenvalue weighted by Crippen LogP contribution is 2.28. The summed E-state index contributed by atoms with van der Waals surface area (Å²) in [4.78, 5) is 14.4. The summed E-state index contributed by atoms with van der Waals surface area (Å²) < 4.78 is 5.81. The second-order valence-corrected chi connectivity index (χ2v) is 6.06. The van der Waals surface area contributed by atoms with E-state index in [1.54, 1.807) is 0 Å². The van der Waals surface area contributed by atoms with Crippen LogP contribution in [0.1, 0.15) is 52.4 Å². The van der Waals surface area contributed by atoms with E-state index in [1.807, 2.05) is 0 Å². The quantitative estimate of drug-likeness (QED) is 0.775. The molecule has 1 saturated heterocycles. The van der Waals surface area contributed by atoms with Gasteiger partial charge in [-0.1, -0.05) is 26.7 Å². The molecule has 4 heteroatoms. The first-order valence-corrected chi connectivity index (χ1v) is 7.83. The van der Waals surface area contributed by atoms with E-state index < -0.39 is 0 Å². The average molecular weight is 268 g/mol. The van der Waals surface area contributed by atoms with Crippen LogP contribution in [0.5, 0.6) is 0 Å². The lowest BCUT2D eigenvalue weighted by atomic mass is 9.90. The van der Waals surface area contributed by atoms with Gasteiger partial charge in [-0.2, -0.15) is 0 Å². The van der Waals surface area contributed by atoms with Gasteiger partial charge in [-0.05, 0) is 25.8 Å². The van der Waals surface area contributed by atoms with Gasteiger partial charge in [0.25, 0.3) is 0 Å². The van der Waals surface area contributed by atoms with Crippen molar-refractivity contribution in [2.45, 2.75) is 70.6 Å². The van der Waals surface area contributed by atoms with Crippen LogP contribution in [0.25, 0.3) is 0 Å². The number of morpholine rings is 1. The Morgan fingerprint density at radius 2 is 2.16 bits per heavy atom. The Hall–Kier alpha value is -0.610. The van der Waals surface area contributed by atoms with Crippen molar-refractivity contribution in [3.8, 4) is 0 Å². The molecular weight excluding hydrogens is 240 g/mol. The number of carbonyl (C=O) groups excluding carboxylic acids is 1. The van der Waals surface area contributed by atoms with E-state index >= 15 is 0 Å². The topological polar surface area (TPSA) is 41.6 Å². The number of rotatable bonds is 5. The summed E-state index contributed by atoms with van der Waals surface area (Å²) in [6.45, 7) is 6.71. The zero-order valence-electron chi connectivity index (χ0n) is 12.4. The molecule has 0 aromatic rings. The zero-order chi connectivity index (χ0) is 13.7. The molecule has 19 heavy (non-hydrogen) atoms. The Morgan fingerprint density at radius 3 is 2.95 bits per heavy atom. The third-order valence-electron chi connectivity index (χ3n) is 4.17. The van der Waals surface area contributed by atoms with Gasteiger partial charge in [0.05, 0.1) is 18.8 Å². The van der Waals surface area contributed by atoms with Gasteiger partial charge < -0.3 is 15.0 Å². The lowest BCUT2D eigenvalue weighted by Crippen LogP contribution is -2.54. The fraction of sp³-hybridized carbons (Fsp3) is 0.933. The van der Waals surface area contributed by atoms with Crippen molar-refractivity contribution >= 4 is 5.91 Å². The predicted octanol–water partition coefficient (Wildman–Crippen LogP) is 1.93. The average Bonchev–Trinajstić information content (AvgIpc) is 2.42. The Kier molecular flexibility index (Phi) is 5.64. The van der Waals surface area contributed by atoms with Crippen molar-refractivity contribution in [1.82, 2.24) is 10.2 Å². The summed E-state index contributed by atoms with van der Waals surface area (Å²) in [5.74, 6) is 0.325. The molecule has 1 aliphatic heterocycles. The maximum absolute atomic E-state index is 12.3. The highest BCUT2D eigenvalue weighted by Gasteiger charge is 2.36. The number of ether oxygens (including phenoxy) is 1. The van der Waals surface area contributed by atoms with Crippen LogP contribution in [0.15, 0.2) is 0 Å². The van der Waals surface area contributed by atoms with Gasteiger partial charge >= 0.3 is 0 Å². The third-order valence-corrected chi connectivity index (χ3v) is 4.17. The fourth-order valence-electron chi connectivity index (χ4n) is 3.18. The molecule has 1 heterocycles. The maximum atomic E-state index is 12.3. The first kappa shape index (κ1) is 14.8. The van der Waals surface area contributed by atoms with Crippen molar-refractivity contribution in [2.75, 3.05) is 19.7 Å². The zero-order valence-corrected chi connectivity index (χ0v) is 12.4. The molecule has 0 aromatic heterocycles. The molecule has 1 saturated carbocycles. The molecule has 1 amide bonds. The first-order chi connectivity index (χ1) is 9.18. The molecule has 1 N–H and O–H groups in total. The molecule has 1 aliphatic carbocycles. The van der Waals surface area contributed by atoms with Crippen LogP contribution in [0.2, 0.25) is 0 Å². The van der Waals surface area contributed by atoms with Crippen LogP contribution >= 0.6 is 0 Å². The third kappa shape index (κ3) is 4.18. The van der Waals surface area contributed by atoms with Crippen molar-refractivity contribution in [2.24, 2.45) is 0 Å². The molecule has 2 rings (SSSR count). The largest absolute Gasteiger partial charge is 0.374 e. The SMILES string of the molecule is CC(C)NCCCC(=O)N1CCOC2CCCCC21.